The second-order valence-electron chi connectivity index (χ2n) is 5.81. The van der Waals surface area contributed by atoms with Crippen molar-refractivity contribution in [3.8, 4) is 0 Å². The van der Waals surface area contributed by atoms with E-state index in [9.17, 15) is 9.59 Å². The van der Waals surface area contributed by atoms with E-state index in [1.807, 2.05) is 31.5 Å². The van der Waals surface area contributed by atoms with Gasteiger partial charge in [0.1, 0.15) is 0 Å². The van der Waals surface area contributed by atoms with E-state index < -0.39 is 11.9 Å². The van der Waals surface area contributed by atoms with Crippen LogP contribution in [-0.4, -0.2) is 33.3 Å². The largest absolute Gasteiger partial charge is 0.465 e. The molecule has 0 radical (unpaired) electrons. The summed E-state index contributed by atoms with van der Waals surface area (Å²) in [6, 6.07) is 7.09. The van der Waals surface area contributed by atoms with Crippen molar-refractivity contribution in [1.82, 2.24) is 14.3 Å². The molecular weight excluding hydrogens is 340 g/mol. The number of methoxy groups -OCH3 is 1. The topological polar surface area (TPSA) is 78.5 Å². The Morgan fingerprint density at radius 3 is 2.68 bits per heavy atom. The van der Waals surface area contributed by atoms with E-state index in [1.54, 1.807) is 29.1 Å². The molecule has 0 spiro atoms. The number of nitrogens with zero attached hydrogens (tertiary/aromatic N) is 4. The zero-order valence-corrected chi connectivity index (χ0v) is 15.2. The number of rotatable bonds is 3. The van der Waals surface area contributed by atoms with Crippen LogP contribution in [-0.2, 0) is 11.8 Å². The molecule has 0 aliphatic rings. The van der Waals surface area contributed by atoms with Crippen LogP contribution in [0.3, 0.4) is 0 Å². The van der Waals surface area contributed by atoms with Gasteiger partial charge in [0, 0.05) is 19.3 Å². The molecular formula is C17H18N4O3S. The predicted octanol–water partition coefficient (Wildman–Crippen LogP) is 2.54. The highest BCUT2D eigenvalue weighted by Gasteiger charge is 2.13. The van der Waals surface area contributed by atoms with Gasteiger partial charge in [-0.15, -0.1) is 0 Å². The standard InChI is InChI=1S/C17H18N4O3S/c1-10(2)21-8-7-12(19-21)15(22)18-17-20(3)13-6-5-11(16(23)24-4)9-14(13)25-17/h5-10H,1-4H3. The minimum atomic E-state index is -0.397. The summed E-state index contributed by atoms with van der Waals surface area (Å²) in [4.78, 5) is 28.8. The van der Waals surface area contributed by atoms with Gasteiger partial charge in [-0.1, -0.05) is 11.3 Å². The van der Waals surface area contributed by atoms with Gasteiger partial charge in [-0.25, -0.2) is 4.79 Å². The van der Waals surface area contributed by atoms with Gasteiger partial charge in [0.15, 0.2) is 10.5 Å². The third-order valence-corrected chi connectivity index (χ3v) is 4.88. The number of hydrogen-bond acceptors (Lipinski definition) is 5. The molecule has 0 fully saturated rings. The molecule has 0 N–H and O–H groups in total. The second kappa shape index (κ2) is 6.64. The maximum Gasteiger partial charge on any atom is 0.337 e. The Labute approximate surface area is 148 Å². The third kappa shape index (κ3) is 3.25. The number of ether oxygens (including phenoxy) is 1. The average molecular weight is 358 g/mol. The number of esters is 1. The first-order chi connectivity index (χ1) is 11.9. The monoisotopic (exact) mass is 358 g/mol. The molecule has 2 heterocycles. The molecule has 1 amide bonds. The maximum atomic E-state index is 12.4. The Balaban J connectivity index is 2.02. The van der Waals surface area contributed by atoms with E-state index in [1.165, 1.54) is 18.4 Å². The van der Waals surface area contributed by atoms with E-state index in [0.717, 1.165) is 10.2 Å². The fourth-order valence-electron chi connectivity index (χ4n) is 2.37. The fourth-order valence-corrected chi connectivity index (χ4v) is 3.43. The SMILES string of the molecule is COC(=O)c1ccc2c(c1)sc(=NC(=O)c1ccn(C(C)C)n1)n2C. The van der Waals surface area contributed by atoms with Crippen molar-refractivity contribution in [3.63, 3.8) is 0 Å². The summed E-state index contributed by atoms with van der Waals surface area (Å²) < 4.78 is 9.12. The first-order valence-electron chi connectivity index (χ1n) is 7.73. The van der Waals surface area contributed by atoms with Crippen LogP contribution in [0.5, 0.6) is 0 Å². The zero-order chi connectivity index (χ0) is 18.1. The molecule has 0 aliphatic carbocycles. The number of thiazole rings is 1. The first kappa shape index (κ1) is 17.1. The lowest BCUT2D eigenvalue weighted by Gasteiger charge is -2.02. The van der Waals surface area contributed by atoms with Crippen LogP contribution >= 0.6 is 11.3 Å². The molecule has 0 unspecified atom stereocenters. The Bertz CT molecular complexity index is 1030. The summed E-state index contributed by atoms with van der Waals surface area (Å²) >= 11 is 1.34. The number of aryl methyl sites for hydroxylation is 1. The van der Waals surface area contributed by atoms with Gasteiger partial charge >= 0.3 is 5.97 Å². The van der Waals surface area contributed by atoms with E-state index in [0.29, 0.717) is 16.1 Å². The van der Waals surface area contributed by atoms with Crippen LogP contribution < -0.4 is 4.80 Å². The van der Waals surface area contributed by atoms with Crippen LogP contribution in [0.1, 0.15) is 40.7 Å². The molecule has 0 bridgehead atoms. The highest BCUT2D eigenvalue weighted by molar-refractivity contribution is 7.16. The highest BCUT2D eigenvalue weighted by atomic mass is 32.1. The Kier molecular flexibility index (Phi) is 4.54. The summed E-state index contributed by atoms with van der Waals surface area (Å²) in [5, 5.41) is 4.25. The minimum Gasteiger partial charge on any atom is -0.465 e. The van der Waals surface area contributed by atoms with Gasteiger partial charge in [0.2, 0.25) is 0 Å². The van der Waals surface area contributed by atoms with Crippen molar-refractivity contribution in [1.29, 1.82) is 0 Å². The van der Waals surface area contributed by atoms with Crippen molar-refractivity contribution < 1.29 is 14.3 Å². The molecule has 1 aromatic carbocycles. The minimum absolute atomic E-state index is 0.179. The van der Waals surface area contributed by atoms with E-state index in [-0.39, 0.29) is 6.04 Å². The van der Waals surface area contributed by atoms with Gasteiger partial charge in [-0.3, -0.25) is 9.48 Å². The number of amides is 1. The average Bonchev–Trinajstić information content (AvgIpc) is 3.20. The molecule has 25 heavy (non-hydrogen) atoms. The Morgan fingerprint density at radius 1 is 1.28 bits per heavy atom. The molecule has 0 atom stereocenters. The molecule has 0 aliphatic heterocycles. The highest BCUT2D eigenvalue weighted by Crippen LogP contribution is 2.19. The van der Waals surface area contributed by atoms with Gasteiger partial charge < -0.3 is 9.30 Å². The number of carbonyl (C=O) groups is 2. The Morgan fingerprint density at radius 2 is 2.04 bits per heavy atom. The van der Waals surface area contributed by atoms with Gasteiger partial charge in [-0.05, 0) is 38.1 Å². The van der Waals surface area contributed by atoms with Crippen LogP contribution in [0.25, 0.3) is 10.2 Å². The second-order valence-corrected chi connectivity index (χ2v) is 6.82. The predicted molar refractivity (Wildman–Crippen MR) is 94.6 cm³/mol. The van der Waals surface area contributed by atoms with Gasteiger partial charge in [-0.2, -0.15) is 10.1 Å². The number of benzene rings is 1. The lowest BCUT2D eigenvalue weighted by Crippen LogP contribution is -2.14. The van der Waals surface area contributed by atoms with Crippen LogP contribution in [0.2, 0.25) is 0 Å². The third-order valence-electron chi connectivity index (χ3n) is 3.78. The fraction of sp³-hybridized carbons (Fsp3) is 0.294. The van der Waals surface area contributed by atoms with Crippen molar-refractivity contribution in [3.05, 3.63) is 46.5 Å². The van der Waals surface area contributed by atoms with Crippen LogP contribution in [0.15, 0.2) is 35.5 Å². The van der Waals surface area contributed by atoms with E-state index >= 15 is 0 Å². The van der Waals surface area contributed by atoms with E-state index in [2.05, 4.69) is 10.1 Å². The van der Waals surface area contributed by atoms with E-state index in [4.69, 9.17) is 4.74 Å². The van der Waals surface area contributed by atoms with Crippen molar-refractivity contribution in [2.75, 3.05) is 7.11 Å². The molecule has 7 nitrogen and oxygen atoms in total. The summed E-state index contributed by atoms with van der Waals surface area (Å²) in [7, 11) is 3.17. The van der Waals surface area contributed by atoms with Crippen molar-refractivity contribution in [2.24, 2.45) is 12.0 Å². The van der Waals surface area contributed by atoms with Crippen LogP contribution in [0.4, 0.5) is 0 Å². The molecule has 130 valence electrons. The van der Waals surface area contributed by atoms with Crippen molar-refractivity contribution >= 4 is 33.4 Å². The normalized spacial score (nSPS) is 12.1. The van der Waals surface area contributed by atoms with Gasteiger partial charge in [0.05, 0.1) is 22.9 Å². The first-order valence-corrected chi connectivity index (χ1v) is 8.54. The summed E-state index contributed by atoms with van der Waals surface area (Å²) in [5.74, 6) is -0.790. The molecule has 8 heteroatoms. The molecule has 3 rings (SSSR count). The number of fused-ring (bicyclic) bond motifs is 1. The molecule has 2 aromatic heterocycles. The quantitative estimate of drug-likeness (QED) is 0.674. The number of aromatic nitrogens is 3. The maximum absolute atomic E-state index is 12.4. The number of hydrogen-bond donors (Lipinski definition) is 0. The molecule has 0 saturated carbocycles. The molecule has 3 aromatic rings. The molecule has 0 saturated heterocycles. The zero-order valence-electron chi connectivity index (χ0n) is 14.4. The smallest absolute Gasteiger partial charge is 0.337 e. The van der Waals surface area contributed by atoms with Crippen molar-refractivity contribution in [2.45, 2.75) is 19.9 Å². The number of carbonyl (C=O) groups excluding carboxylic acids is 2. The lowest BCUT2D eigenvalue weighted by atomic mass is 10.2. The van der Waals surface area contributed by atoms with Crippen LogP contribution in [0, 0.1) is 0 Å². The Hall–Kier alpha value is -2.74. The lowest BCUT2D eigenvalue weighted by molar-refractivity contribution is 0.0601. The summed E-state index contributed by atoms with van der Waals surface area (Å²) in [5.41, 5.74) is 1.66. The van der Waals surface area contributed by atoms with Gasteiger partial charge in [0.25, 0.3) is 5.91 Å². The summed E-state index contributed by atoms with van der Waals surface area (Å²) in [6.45, 7) is 3.98. The summed E-state index contributed by atoms with van der Waals surface area (Å²) in [6.07, 6.45) is 1.76.